The van der Waals surface area contributed by atoms with Gasteiger partial charge in [-0.15, -0.1) is 0 Å². The molecule has 1 aliphatic heterocycles. The zero-order valence-electron chi connectivity index (χ0n) is 11.2. The van der Waals surface area contributed by atoms with E-state index in [0.29, 0.717) is 6.61 Å². The first kappa shape index (κ1) is 12.2. The van der Waals surface area contributed by atoms with Crippen molar-refractivity contribution in [3.63, 3.8) is 0 Å². The summed E-state index contributed by atoms with van der Waals surface area (Å²) >= 11 is 0. The van der Waals surface area contributed by atoms with Gasteiger partial charge in [0, 0.05) is 6.54 Å². The molecule has 1 aliphatic rings. The Morgan fingerprint density at radius 2 is 2.05 bits per heavy atom. The van der Waals surface area contributed by atoms with E-state index in [4.69, 9.17) is 4.74 Å². The van der Waals surface area contributed by atoms with E-state index in [1.807, 2.05) is 13.0 Å². The zero-order valence-corrected chi connectivity index (χ0v) is 11.2. The van der Waals surface area contributed by atoms with Crippen molar-refractivity contribution in [3.8, 4) is 5.75 Å². The molecule has 0 radical (unpaired) electrons. The molecule has 2 nitrogen and oxygen atoms in total. The topological polar surface area (TPSA) is 21.3 Å². The van der Waals surface area contributed by atoms with Gasteiger partial charge in [-0.25, -0.2) is 0 Å². The second kappa shape index (κ2) is 5.45. The Labute approximate surface area is 114 Å². The molecular formula is C17H19NO. The highest BCUT2D eigenvalue weighted by Gasteiger charge is 2.20. The van der Waals surface area contributed by atoms with Gasteiger partial charge in [0.15, 0.2) is 0 Å². The molecule has 1 atom stereocenters. The minimum atomic E-state index is 0.283. The maximum atomic E-state index is 5.60. The Kier molecular flexibility index (Phi) is 3.51. The number of hydrogen-bond donors (Lipinski definition) is 1. The molecule has 0 spiro atoms. The molecule has 0 fully saturated rings. The standard InChI is InChI=1S/C17H19NO/c1-2-19-15-8-5-7-14(12-15)17-16-9-4-3-6-13(16)10-11-18-17/h3-9,12,17-18H,2,10-11H2,1H3/t17-/m0/s1. The molecule has 98 valence electrons. The summed E-state index contributed by atoms with van der Waals surface area (Å²) in [6.07, 6.45) is 1.11. The van der Waals surface area contributed by atoms with E-state index in [1.54, 1.807) is 0 Å². The Hall–Kier alpha value is -1.80. The summed E-state index contributed by atoms with van der Waals surface area (Å²) in [5.74, 6) is 0.949. The summed E-state index contributed by atoms with van der Waals surface area (Å²) in [5, 5.41) is 3.61. The molecule has 19 heavy (non-hydrogen) atoms. The molecule has 0 saturated heterocycles. The smallest absolute Gasteiger partial charge is 0.119 e. The van der Waals surface area contributed by atoms with Crippen LogP contribution in [0.15, 0.2) is 48.5 Å². The van der Waals surface area contributed by atoms with Gasteiger partial charge in [-0.2, -0.15) is 0 Å². The lowest BCUT2D eigenvalue weighted by Gasteiger charge is -2.27. The van der Waals surface area contributed by atoms with E-state index in [9.17, 15) is 0 Å². The van der Waals surface area contributed by atoms with Crippen molar-refractivity contribution in [2.24, 2.45) is 0 Å². The third-order valence-corrected chi connectivity index (χ3v) is 3.61. The van der Waals surface area contributed by atoms with Crippen molar-refractivity contribution in [2.45, 2.75) is 19.4 Å². The predicted molar refractivity (Wildman–Crippen MR) is 77.6 cm³/mol. The number of fused-ring (bicyclic) bond motifs is 1. The molecule has 0 amide bonds. The summed E-state index contributed by atoms with van der Waals surface area (Å²) in [4.78, 5) is 0. The normalized spacial score (nSPS) is 17.8. The summed E-state index contributed by atoms with van der Waals surface area (Å²) in [6, 6.07) is 17.4. The Bertz CT molecular complexity index is 565. The van der Waals surface area contributed by atoms with Crippen molar-refractivity contribution < 1.29 is 4.74 Å². The van der Waals surface area contributed by atoms with Gasteiger partial charge in [0.1, 0.15) is 5.75 Å². The first-order valence-electron chi connectivity index (χ1n) is 6.92. The van der Waals surface area contributed by atoms with Gasteiger partial charge in [0.25, 0.3) is 0 Å². The second-order valence-electron chi connectivity index (χ2n) is 4.84. The van der Waals surface area contributed by atoms with Crippen LogP contribution in [0.2, 0.25) is 0 Å². The number of benzene rings is 2. The van der Waals surface area contributed by atoms with Gasteiger partial charge in [-0.05, 0) is 42.2 Å². The van der Waals surface area contributed by atoms with Crippen molar-refractivity contribution >= 4 is 0 Å². The van der Waals surface area contributed by atoms with Gasteiger partial charge in [-0.3, -0.25) is 0 Å². The maximum Gasteiger partial charge on any atom is 0.119 e. The van der Waals surface area contributed by atoms with Gasteiger partial charge in [0.2, 0.25) is 0 Å². The molecule has 0 bridgehead atoms. The largest absolute Gasteiger partial charge is 0.494 e. The highest BCUT2D eigenvalue weighted by atomic mass is 16.5. The molecule has 0 saturated carbocycles. The molecule has 1 N–H and O–H groups in total. The van der Waals surface area contributed by atoms with Crippen LogP contribution in [0.3, 0.4) is 0 Å². The van der Waals surface area contributed by atoms with Crippen LogP contribution in [-0.4, -0.2) is 13.2 Å². The fourth-order valence-corrected chi connectivity index (χ4v) is 2.75. The Morgan fingerprint density at radius 3 is 2.95 bits per heavy atom. The van der Waals surface area contributed by atoms with E-state index in [0.717, 1.165) is 18.7 Å². The van der Waals surface area contributed by atoms with Crippen LogP contribution in [0.1, 0.15) is 29.7 Å². The van der Waals surface area contributed by atoms with Crippen LogP contribution in [0.4, 0.5) is 0 Å². The zero-order chi connectivity index (χ0) is 13.1. The molecule has 2 aromatic carbocycles. The SMILES string of the molecule is CCOc1cccc([C@@H]2NCCc3ccccc32)c1. The molecule has 0 aliphatic carbocycles. The van der Waals surface area contributed by atoms with E-state index >= 15 is 0 Å². The van der Waals surface area contributed by atoms with Crippen molar-refractivity contribution in [1.82, 2.24) is 5.32 Å². The van der Waals surface area contributed by atoms with E-state index in [-0.39, 0.29) is 6.04 Å². The molecule has 3 rings (SSSR count). The first-order valence-corrected chi connectivity index (χ1v) is 6.92. The molecular weight excluding hydrogens is 234 g/mol. The average Bonchev–Trinajstić information content (AvgIpc) is 2.47. The predicted octanol–water partition coefficient (Wildman–Crippen LogP) is 3.32. The lowest BCUT2D eigenvalue weighted by molar-refractivity contribution is 0.339. The fraction of sp³-hybridized carbons (Fsp3) is 0.294. The third kappa shape index (κ3) is 2.49. The summed E-state index contributed by atoms with van der Waals surface area (Å²) in [6.45, 7) is 3.75. The van der Waals surface area contributed by atoms with Crippen molar-refractivity contribution in [2.75, 3.05) is 13.2 Å². The average molecular weight is 253 g/mol. The highest BCUT2D eigenvalue weighted by Crippen LogP contribution is 2.30. The lowest BCUT2D eigenvalue weighted by atomic mass is 9.90. The minimum Gasteiger partial charge on any atom is -0.494 e. The Morgan fingerprint density at radius 1 is 1.16 bits per heavy atom. The van der Waals surface area contributed by atoms with Crippen molar-refractivity contribution in [3.05, 3.63) is 65.2 Å². The van der Waals surface area contributed by atoms with Crippen molar-refractivity contribution in [1.29, 1.82) is 0 Å². The second-order valence-corrected chi connectivity index (χ2v) is 4.84. The van der Waals surface area contributed by atoms with Crippen LogP contribution in [-0.2, 0) is 6.42 Å². The molecule has 2 aromatic rings. The van der Waals surface area contributed by atoms with Gasteiger partial charge >= 0.3 is 0 Å². The Balaban J connectivity index is 1.97. The number of rotatable bonds is 3. The maximum absolute atomic E-state index is 5.60. The van der Waals surface area contributed by atoms with E-state index in [1.165, 1.54) is 16.7 Å². The fourth-order valence-electron chi connectivity index (χ4n) is 2.75. The molecule has 0 aromatic heterocycles. The van der Waals surface area contributed by atoms with Crippen LogP contribution in [0.25, 0.3) is 0 Å². The minimum absolute atomic E-state index is 0.283. The quantitative estimate of drug-likeness (QED) is 0.906. The molecule has 1 heterocycles. The molecule has 2 heteroatoms. The summed E-state index contributed by atoms with van der Waals surface area (Å²) in [5.41, 5.74) is 4.12. The monoisotopic (exact) mass is 253 g/mol. The lowest BCUT2D eigenvalue weighted by Crippen LogP contribution is -2.30. The van der Waals surface area contributed by atoms with E-state index in [2.05, 4.69) is 47.8 Å². The van der Waals surface area contributed by atoms with Crippen LogP contribution < -0.4 is 10.1 Å². The number of ether oxygens (including phenoxy) is 1. The van der Waals surface area contributed by atoms with Crippen LogP contribution in [0, 0.1) is 0 Å². The van der Waals surface area contributed by atoms with Gasteiger partial charge in [-0.1, -0.05) is 36.4 Å². The third-order valence-electron chi connectivity index (χ3n) is 3.61. The van der Waals surface area contributed by atoms with Gasteiger partial charge in [0.05, 0.1) is 12.6 Å². The number of nitrogens with one attached hydrogen (secondary N) is 1. The number of hydrogen-bond acceptors (Lipinski definition) is 2. The first-order chi connectivity index (χ1) is 9.38. The summed E-state index contributed by atoms with van der Waals surface area (Å²) in [7, 11) is 0. The van der Waals surface area contributed by atoms with E-state index < -0.39 is 0 Å². The van der Waals surface area contributed by atoms with Crippen LogP contribution in [0.5, 0.6) is 5.75 Å². The summed E-state index contributed by atoms with van der Waals surface area (Å²) < 4.78 is 5.60. The van der Waals surface area contributed by atoms with Crippen LogP contribution >= 0.6 is 0 Å². The highest BCUT2D eigenvalue weighted by molar-refractivity contribution is 5.41. The molecule has 0 unspecified atom stereocenters. The van der Waals surface area contributed by atoms with Gasteiger partial charge < -0.3 is 10.1 Å².